The molecular formula is C17H16BrN3O3S2. The highest BCUT2D eigenvalue weighted by Gasteiger charge is 2.39. The number of amidine groups is 1. The zero-order chi connectivity index (χ0) is 18.5. The lowest BCUT2D eigenvalue weighted by molar-refractivity contribution is 0.309. The highest BCUT2D eigenvalue weighted by atomic mass is 79.9. The summed E-state index contributed by atoms with van der Waals surface area (Å²) in [6.45, 7) is 0.168. The van der Waals surface area contributed by atoms with Crippen LogP contribution in [0.2, 0.25) is 0 Å². The van der Waals surface area contributed by atoms with E-state index < -0.39 is 9.84 Å². The standard InChI is InChI=1S/C17H16BrN3O3S2/c18-11-3-1-10(2-4-11)13-8-25-17(20-13)15-14(22)7-21(16(15)19)12-5-6-26(23,24)9-12/h1-4,8,12,19,22H,5-7,9H2/t12-/m0/s1. The van der Waals surface area contributed by atoms with Crippen molar-refractivity contribution in [3.63, 3.8) is 0 Å². The Kier molecular flexibility index (Phi) is 4.40. The Labute approximate surface area is 163 Å². The molecule has 1 aromatic carbocycles. The van der Waals surface area contributed by atoms with E-state index in [1.54, 1.807) is 4.90 Å². The van der Waals surface area contributed by atoms with Gasteiger partial charge in [-0.05, 0) is 18.6 Å². The van der Waals surface area contributed by atoms with Gasteiger partial charge in [-0.1, -0.05) is 28.1 Å². The summed E-state index contributed by atoms with van der Waals surface area (Å²) >= 11 is 4.78. The fraction of sp³-hybridized carbons (Fsp3) is 0.294. The molecule has 1 fully saturated rings. The number of halogens is 1. The maximum atomic E-state index is 11.7. The molecule has 2 aliphatic heterocycles. The number of aromatic nitrogens is 1. The van der Waals surface area contributed by atoms with E-state index in [9.17, 15) is 13.5 Å². The third kappa shape index (κ3) is 3.19. The third-order valence-corrected chi connectivity index (χ3v) is 7.78. The summed E-state index contributed by atoms with van der Waals surface area (Å²) in [6, 6.07) is 7.52. The molecule has 3 heterocycles. The van der Waals surface area contributed by atoms with Crippen molar-refractivity contribution < 1.29 is 13.5 Å². The fourth-order valence-corrected chi connectivity index (χ4v) is 6.19. The molecule has 2 aliphatic rings. The maximum Gasteiger partial charge on any atom is 0.152 e. The van der Waals surface area contributed by atoms with E-state index >= 15 is 0 Å². The number of sulfone groups is 1. The first-order valence-corrected chi connectivity index (χ1v) is 11.5. The van der Waals surface area contributed by atoms with E-state index in [1.165, 1.54) is 11.3 Å². The van der Waals surface area contributed by atoms with Gasteiger partial charge in [-0.25, -0.2) is 13.4 Å². The molecule has 1 saturated heterocycles. The van der Waals surface area contributed by atoms with Crippen molar-refractivity contribution >= 4 is 48.5 Å². The molecule has 1 aromatic heterocycles. The Bertz CT molecular complexity index is 1010. The number of nitrogens with zero attached hydrogens (tertiary/aromatic N) is 2. The normalized spacial score (nSPS) is 22.4. The number of thiazole rings is 1. The molecule has 136 valence electrons. The van der Waals surface area contributed by atoms with E-state index in [-0.39, 0.29) is 35.7 Å². The van der Waals surface area contributed by atoms with Crippen molar-refractivity contribution in [1.29, 1.82) is 5.41 Å². The average Bonchev–Trinajstić information content (AvgIpc) is 3.26. The molecule has 0 saturated carbocycles. The average molecular weight is 454 g/mol. The summed E-state index contributed by atoms with van der Waals surface area (Å²) in [5.41, 5.74) is 2.15. The molecule has 0 spiro atoms. The van der Waals surface area contributed by atoms with Crippen LogP contribution in [0.4, 0.5) is 0 Å². The van der Waals surface area contributed by atoms with E-state index in [0.717, 1.165) is 15.7 Å². The van der Waals surface area contributed by atoms with Gasteiger partial charge in [0.2, 0.25) is 0 Å². The van der Waals surface area contributed by atoms with Crippen molar-refractivity contribution in [2.24, 2.45) is 0 Å². The second kappa shape index (κ2) is 6.47. The van der Waals surface area contributed by atoms with Crippen LogP contribution in [0.3, 0.4) is 0 Å². The number of hydrogen-bond donors (Lipinski definition) is 2. The van der Waals surface area contributed by atoms with Gasteiger partial charge >= 0.3 is 0 Å². The summed E-state index contributed by atoms with van der Waals surface area (Å²) in [4.78, 5) is 6.26. The van der Waals surface area contributed by atoms with Gasteiger partial charge in [0, 0.05) is 21.5 Å². The SMILES string of the molecule is N=C1C(c2nc(-c3ccc(Br)cc3)cs2)=C(O)CN1[C@H]1CCS(=O)(=O)C1. The molecule has 0 unspecified atom stereocenters. The van der Waals surface area contributed by atoms with Crippen molar-refractivity contribution in [3.8, 4) is 11.3 Å². The summed E-state index contributed by atoms with van der Waals surface area (Å²) in [7, 11) is -3.05. The topological polar surface area (TPSA) is 94.3 Å². The second-order valence-corrected chi connectivity index (χ2v) is 10.4. The number of rotatable bonds is 3. The molecule has 2 N–H and O–H groups in total. The summed E-state index contributed by atoms with van der Waals surface area (Å²) in [6.07, 6.45) is 0.493. The molecule has 9 heteroatoms. The predicted molar refractivity (Wildman–Crippen MR) is 106 cm³/mol. The van der Waals surface area contributed by atoms with Crippen molar-refractivity contribution in [2.45, 2.75) is 12.5 Å². The predicted octanol–water partition coefficient (Wildman–Crippen LogP) is 3.32. The van der Waals surface area contributed by atoms with Crippen LogP contribution in [0, 0.1) is 5.41 Å². The lowest BCUT2D eigenvalue weighted by Gasteiger charge is -2.24. The number of nitrogens with one attached hydrogen (secondary N) is 1. The van der Waals surface area contributed by atoms with Crippen LogP contribution in [0.5, 0.6) is 0 Å². The van der Waals surface area contributed by atoms with Gasteiger partial charge < -0.3 is 10.0 Å². The zero-order valence-corrected chi connectivity index (χ0v) is 16.9. The van der Waals surface area contributed by atoms with Crippen LogP contribution in [0.25, 0.3) is 16.8 Å². The minimum Gasteiger partial charge on any atom is -0.510 e. The quantitative estimate of drug-likeness (QED) is 0.742. The van der Waals surface area contributed by atoms with Gasteiger partial charge in [0.15, 0.2) is 9.84 Å². The van der Waals surface area contributed by atoms with Crippen LogP contribution >= 0.6 is 27.3 Å². The fourth-order valence-electron chi connectivity index (χ4n) is 3.30. The largest absolute Gasteiger partial charge is 0.510 e. The van der Waals surface area contributed by atoms with E-state index in [1.807, 2.05) is 29.6 Å². The summed E-state index contributed by atoms with van der Waals surface area (Å²) in [5, 5.41) is 21.3. The molecular weight excluding hydrogens is 438 g/mol. The first kappa shape index (κ1) is 17.7. The highest BCUT2D eigenvalue weighted by Crippen LogP contribution is 2.34. The van der Waals surface area contributed by atoms with Crippen molar-refractivity contribution in [2.75, 3.05) is 18.1 Å². The zero-order valence-electron chi connectivity index (χ0n) is 13.6. The first-order valence-electron chi connectivity index (χ1n) is 8.04. The Hall–Kier alpha value is -1.71. The smallest absolute Gasteiger partial charge is 0.152 e. The van der Waals surface area contributed by atoms with Crippen LogP contribution in [-0.4, -0.2) is 53.3 Å². The third-order valence-electron chi connectivity index (χ3n) is 4.64. The molecule has 6 nitrogen and oxygen atoms in total. The van der Waals surface area contributed by atoms with E-state index in [0.29, 0.717) is 17.0 Å². The van der Waals surface area contributed by atoms with Crippen LogP contribution < -0.4 is 0 Å². The number of aliphatic hydroxyl groups excluding tert-OH is 1. The summed E-state index contributed by atoms with van der Waals surface area (Å²) in [5.74, 6) is 0.415. The second-order valence-electron chi connectivity index (χ2n) is 6.40. The van der Waals surface area contributed by atoms with Crippen LogP contribution in [0.15, 0.2) is 39.9 Å². The molecule has 0 aliphatic carbocycles. The van der Waals surface area contributed by atoms with Gasteiger partial charge in [-0.3, -0.25) is 5.41 Å². The molecule has 0 bridgehead atoms. The van der Waals surface area contributed by atoms with Crippen LogP contribution in [-0.2, 0) is 9.84 Å². The van der Waals surface area contributed by atoms with Crippen molar-refractivity contribution in [3.05, 3.63) is 44.9 Å². The molecule has 26 heavy (non-hydrogen) atoms. The van der Waals surface area contributed by atoms with Crippen LogP contribution in [0.1, 0.15) is 11.4 Å². The first-order chi connectivity index (χ1) is 12.3. The molecule has 0 radical (unpaired) electrons. The van der Waals surface area contributed by atoms with Gasteiger partial charge in [0.05, 0.1) is 29.3 Å². The van der Waals surface area contributed by atoms with Crippen molar-refractivity contribution in [1.82, 2.24) is 9.88 Å². The van der Waals surface area contributed by atoms with E-state index in [2.05, 4.69) is 20.9 Å². The van der Waals surface area contributed by atoms with Gasteiger partial charge in [-0.2, -0.15) is 0 Å². The van der Waals surface area contributed by atoms with Gasteiger partial charge in [0.1, 0.15) is 16.6 Å². The number of aliphatic hydroxyl groups is 1. The Morgan fingerprint density at radius 1 is 1.31 bits per heavy atom. The van der Waals surface area contributed by atoms with Gasteiger partial charge in [0.25, 0.3) is 0 Å². The Morgan fingerprint density at radius 3 is 2.69 bits per heavy atom. The Morgan fingerprint density at radius 2 is 2.04 bits per heavy atom. The Balaban J connectivity index is 1.59. The lowest BCUT2D eigenvalue weighted by atomic mass is 10.2. The minimum absolute atomic E-state index is 0.0396. The summed E-state index contributed by atoms with van der Waals surface area (Å²) < 4.78 is 24.5. The minimum atomic E-state index is -3.05. The molecule has 2 aromatic rings. The molecule has 1 atom stereocenters. The lowest BCUT2D eigenvalue weighted by Crippen LogP contribution is -2.38. The monoisotopic (exact) mass is 453 g/mol. The highest BCUT2D eigenvalue weighted by molar-refractivity contribution is 9.10. The number of hydrogen-bond acceptors (Lipinski definition) is 6. The number of benzene rings is 1. The van der Waals surface area contributed by atoms with Gasteiger partial charge in [-0.15, -0.1) is 11.3 Å². The molecule has 0 amide bonds. The molecule has 4 rings (SSSR count). The maximum absolute atomic E-state index is 11.7. The van der Waals surface area contributed by atoms with E-state index in [4.69, 9.17) is 5.41 Å².